The summed E-state index contributed by atoms with van der Waals surface area (Å²) in [5.41, 5.74) is 4.50. The van der Waals surface area contributed by atoms with E-state index in [4.69, 9.17) is 0 Å². The summed E-state index contributed by atoms with van der Waals surface area (Å²) in [4.78, 5) is 16.5. The van der Waals surface area contributed by atoms with Gasteiger partial charge in [-0.05, 0) is 62.3 Å². The second-order valence-electron chi connectivity index (χ2n) is 7.37. The standard InChI is InChI=1S/C21H27N3OS/c1-4-24(5-2)15-9-7-14(8-10-15)19-22-20(25)18-16-11-6-13(3)12-17(16)26-21(18)23-19/h7-10,13,19,23H,4-6,11-12H2,1-3H3,(H,22,25). The molecule has 0 radical (unpaired) electrons. The number of thiophene rings is 1. The van der Waals surface area contributed by atoms with Gasteiger partial charge in [0.2, 0.25) is 0 Å². The minimum absolute atomic E-state index is 0.0728. The van der Waals surface area contributed by atoms with E-state index in [1.54, 1.807) is 11.3 Å². The Hall–Kier alpha value is -2.01. The molecule has 2 aliphatic rings. The van der Waals surface area contributed by atoms with Gasteiger partial charge in [0, 0.05) is 23.7 Å². The third-order valence-corrected chi connectivity index (χ3v) is 6.83. The molecule has 138 valence electrons. The van der Waals surface area contributed by atoms with Crippen molar-refractivity contribution in [2.75, 3.05) is 23.3 Å². The Morgan fingerprint density at radius 1 is 1.15 bits per heavy atom. The highest BCUT2D eigenvalue weighted by molar-refractivity contribution is 7.16. The van der Waals surface area contributed by atoms with Gasteiger partial charge in [-0.25, -0.2) is 0 Å². The largest absolute Gasteiger partial charge is 0.372 e. The molecule has 2 heterocycles. The number of carbonyl (C=O) groups is 1. The molecule has 2 atom stereocenters. The number of carbonyl (C=O) groups excluding carboxylic acids is 1. The van der Waals surface area contributed by atoms with Crippen LogP contribution in [0.1, 0.15) is 59.7 Å². The van der Waals surface area contributed by atoms with Crippen molar-refractivity contribution in [1.82, 2.24) is 5.32 Å². The van der Waals surface area contributed by atoms with Crippen molar-refractivity contribution >= 4 is 27.9 Å². The van der Waals surface area contributed by atoms with Crippen LogP contribution in [-0.4, -0.2) is 19.0 Å². The smallest absolute Gasteiger partial charge is 0.256 e. The van der Waals surface area contributed by atoms with Gasteiger partial charge in [-0.1, -0.05) is 19.1 Å². The molecule has 1 aromatic carbocycles. The fourth-order valence-corrected chi connectivity index (χ4v) is 5.53. The third-order valence-electron chi connectivity index (χ3n) is 5.64. The van der Waals surface area contributed by atoms with Gasteiger partial charge in [0.05, 0.1) is 5.56 Å². The average molecular weight is 370 g/mol. The zero-order valence-corrected chi connectivity index (χ0v) is 16.6. The SMILES string of the molecule is CCN(CC)c1ccc(C2NC(=O)c3c(sc4c3CCC(C)C4)N2)cc1. The summed E-state index contributed by atoms with van der Waals surface area (Å²) in [6.07, 6.45) is 3.16. The van der Waals surface area contributed by atoms with Crippen molar-refractivity contribution in [3.63, 3.8) is 0 Å². The average Bonchev–Trinajstić information content (AvgIpc) is 3.01. The number of nitrogens with one attached hydrogen (secondary N) is 2. The van der Waals surface area contributed by atoms with Crippen LogP contribution in [0.15, 0.2) is 24.3 Å². The minimum Gasteiger partial charge on any atom is -0.372 e. The first-order valence-electron chi connectivity index (χ1n) is 9.67. The Labute approximate surface area is 159 Å². The Morgan fingerprint density at radius 3 is 2.58 bits per heavy atom. The molecular weight excluding hydrogens is 342 g/mol. The van der Waals surface area contributed by atoms with Crippen LogP contribution in [0.3, 0.4) is 0 Å². The number of benzene rings is 1. The molecule has 0 bridgehead atoms. The van der Waals surface area contributed by atoms with Crippen molar-refractivity contribution in [2.45, 2.75) is 46.2 Å². The van der Waals surface area contributed by atoms with E-state index in [-0.39, 0.29) is 12.1 Å². The lowest BCUT2D eigenvalue weighted by Crippen LogP contribution is -2.38. The number of amides is 1. The van der Waals surface area contributed by atoms with Crippen LogP contribution in [0, 0.1) is 5.92 Å². The molecular formula is C21H27N3OS. The highest BCUT2D eigenvalue weighted by Crippen LogP contribution is 2.42. The van der Waals surface area contributed by atoms with Crippen LogP contribution in [0.2, 0.25) is 0 Å². The van der Waals surface area contributed by atoms with Gasteiger partial charge in [0.25, 0.3) is 5.91 Å². The van der Waals surface area contributed by atoms with Crippen molar-refractivity contribution in [2.24, 2.45) is 5.92 Å². The Kier molecular flexibility index (Phi) is 4.65. The summed E-state index contributed by atoms with van der Waals surface area (Å²) >= 11 is 1.78. The van der Waals surface area contributed by atoms with Gasteiger partial charge >= 0.3 is 0 Å². The summed E-state index contributed by atoms with van der Waals surface area (Å²) in [7, 11) is 0. The Balaban J connectivity index is 1.58. The van der Waals surface area contributed by atoms with Crippen LogP contribution in [0.25, 0.3) is 0 Å². The van der Waals surface area contributed by atoms with E-state index in [9.17, 15) is 4.79 Å². The first kappa shape index (κ1) is 17.4. The van der Waals surface area contributed by atoms with Gasteiger partial charge < -0.3 is 15.5 Å². The molecule has 2 unspecified atom stereocenters. The maximum atomic E-state index is 12.8. The normalized spacial score (nSPS) is 21.4. The molecule has 1 aliphatic carbocycles. The number of rotatable bonds is 4. The third kappa shape index (κ3) is 2.98. The van der Waals surface area contributed by atoms with Crippen molar-refractivity contribution < 1.29 is 4.79 Å². The van der Waals surface area contributed by atoms with Crippen LogP contribution < -0.4 is 15.5 Å². The molecule has 1 aliphatic heterocycles. The molecule has 0 saturated heterocycles. The molecule has 2 aromatic rings. The minimum atomic E-state index is -0.154. The summed E-state index contributed by atoms with van der Waals surface area (Å²) < 4.78 is 0. The van der Waals surface area contributed by atoms with Crippen molar-refractivity contribution in [3.05, 3.63) is 45.8 Å². The summed E-state index contributed by atoms with van der Waals surface area (Å²) in [6.45, 7) is 8.63. The Morgan fingerprint density at radius 2 is 1.88 bits per heavy atom. The lowest BCUT2D eigenvalue weighted by Gasteiger charge is -2.28. The first-order valence-corrected chi connectivity index (χ1v) is 10.5. The van der Waals surface area contributed by atoms with E-state index >= 15 is 0 Å². The Bertz CT molecular complexity index is 807. The fraction of sp³-hybridized carbons (Fsp3) is 0.476. The number of fused-ring (bicyclic) bond motifs is 3. The molecule has 4 nitrogen and oxygen atoms in total. The van der Waals surface area contributed by atoms with E-state index in [2.05, 4.69) is 60.6 Å². The topological polar surface area (TPSA) is 44.4 Å². The highest BCUT2D eigenvalue weighted by atomic mass is 32.1. The highest BCUT2D eigenvalue weighted by Gasteiger charge is 2.33. The molecule has 4 rings (SSSR count). The summed E-state index contributed by atoms with van der Waals surface area (Å²) in [5.74, 6) is 0.790. The first-order chi connectivity index (χ1) is 12.6. The maximum Gasteiger partial charge on any atom is 0.256 e. The second kappa shape index (κ2) is 6.95. The molecule has 0 spiro atoms. The monoisotopic (exact) mass is 369 g/mol. The van der Waals surface area contributed by atoms with Crippen LogP contribution in [0.5, 0.6) is 0 Å². The molecule has 0 fully saturated rings. The number of hydrogen-bond donors (Lipinski definition) is 2. The molecule has 2 N–H and O–H groups in total. The van der Waals surface area contributed by atoms with E-state index < -0.39 is 0 Å². The fourth-order valence-electron chi connectivity index (χ4n) is 4.10. The number of hydrogen-bond acceptors (Lipinski definition) is 4. The zero-order chi connectivity index (χ0) is 18.3. The lowest BCUT2D eigenvalue weighted by atomic mass is 9.88. The zero-order valence-electron chi connectivity index (χ0n) is 15.8. The van der Waals surface area contributed by atoms with Crippen molar-refractivity contribution in [3.8, 4) is 0 Å². The van der Waals surface area contributed by atoms with Crippen LogP contribution >= 0.6 is 11.3 Å². The predicted octanol–water partition coefficient (Wildman–Crippen LogP) is 4.57. The molecule has 0 saturated carbocycles. The van der Waals surface area contributed by atoms with Gasteiger partial charge in [-0.15, -0.1) is 11.3 Å². The summed E-state index contributed by atoms with van der Waals surface area (Å²) in [5, 5.41) is 7.77. The molecule has 1 aromatic heterocycles. The molecule has 5 heteroatoms. The molecule has 1 amide bonds. The van der Waals surface area contributed by atoms with E-state index in [0.717, 1.165) is 42.1 Å². The number of nitrogens with zero attached hydrogens (tertiary/aromatic N) is 1. The van der Waals surface area contributed by atoms with Crippen LogP contribution in [0.4, 0.5) is 10.7 Å². The lowest BCUT2D eigenvalue weighted by molar-refractivity contribution is 0.0935. The quantitative estimate of drug-likeness (QED) is 0.829. The van der Waals surface area contributed by atoms with Crippen molar-refractivity contribution in [1.29, 1.82) is 0 Å². The van der Waals surface area contributed by atoms with E-state index in [1.807, 2.05) is 0 Å². The van der Waals surface area contributed by atoms with Gasteiger partial charge in [0.1, 0.15) is 11.2 Å². The predicted molar refractivity (Wildman–Crippen MR) is 109 cm³/mol. The van der Waals surface area contributed by atoms with E-state index in [0.29, 0.717) is 5.92 Å². The van der Waals surface area contributed by atoms with E-state index in [1.165, 1.54) is 22.5 Å². The molecule has 26 heavy (non-hydrogen) atoms. The van der Waals surface area contributed by atoms with Gasteiger partial charge in [-0.3, -0.25) is 4.79 Å². The maximum absolute atomic E-state index is 12.8. The summed E-state index contributed by atoms with van der Waals surface area (Å²) in [6, 6.07) is 8.53. The number of anilines is 2. The van der Waals surface area contributed by atoms with Crippen LogP contribution in [-0.2, 0) is 12.8 Å². The van der Waals surface area contributed by atoms with Gasteiger partial charge in [0.15, 0.2) is 0 Å². The van der Waals surface area contributed by atoms with Gasteiger partial charge in [-0.2, -0.15) is 0 Å². The second-order valence-corrected chi connectivity index (χ2v) is 8.48.